The summed E-state index contributed by atoms with van der Waals surface area (Å²) in [6, 6.07) is 0. The van der Waals surface area contributed by atoms with Gasteiger partial charge in [-0.15, -0.1) is 6.58 Å². The lowest BCUT2D eigenvalue weighted by molar-refractivity contribution is -0.127. The fraction of sp³-hybridized carbons (Fsp3) is 0.562. The van der Waals surface area contributed by atoms with E-state index in [0.717, 1.165) is 0 Å². The molecule has 0 aliphatic heterocycles. The third kappa shape index (κ3) is 4.52. The topological polar surface area (TPSA) is 20.3 Å². The maximum Gasteiger partial charge on any atom is 0.220 e. The quantitative estimate of drug-likeness (QED) is 0.680. The van der Waals surface area contributed by atoms with Crippen LogP contribution in [0.2, 0.25) is 0 Å². The van der Waals surface area contributed by atoms with E-state index >= 15 is 0 Å². The maximum atomic E-state index is 11.4. The van der Waals surface area contributed by atoms with Gasteiger partial charge >= 0.3 is 0 Å². The molecule has 18 heavy (non-hydrogen) atoms. The summed E-state index contributed by atoms with van der Waals surface area (Å²) < 4.78 is 0. The van der Waals surface area contributed by atoms with E-state index in [-0.39, 0.29) is 5.91 Å². The first-order valence-corrected chi connectivity index (χ1v) is 6.75. The van der Waals surface area contributed by atoms with Crippen molar-refractivity contribution in [3.05, 3.63) is 36.5 Å². The van der Waals surface area contributed by atoms with Gasteiger partial charge in [-0.1, -0.05) is 36.8 Å². The van der Waals surface area contributed by atoms with E-state index in [2.05, 4.69) is 38.7 Å². The average Bonchev–Trinajstić information content (AvgIpc) is 2.30. The highest BCUT2D eigenvalue weighted by Gasteiger charge is 2.17. The van der Waals surface area contributed by atoms with Gasteiger partial charge in [0.1, 0.15) is 0 Å². The van der Waals surface area contributed by atoms with E-state index in [4.69, 9.17) is 0 Å². The van der Waals surface area contributed by atoms with Crippen molar-refractivity contribution >= 4 is 5.91 Å². The second-order valence-corrected chi connectivity index (χ2v) is 5.22. The van der Waals surface area contributed by atoms with Crippen molar-refractivity contribution in [3.63, 3.8) is 0 Å². The summed E-state index contributed by atoms with van der Waals surface area (Å²) in [5.41, 5.74) is 1.50. The molecule has 1 aliphatic carbocycles. The second-order valence-electron chi connectivity index (χ2n) is 5.22. The van der Waals surface area contributed by atoms with Crippen molar-refractivity contribution in [3.8, 4) is 0 Å². The first-order chi connectivity index (χ1) is 8.54. The van der Waals surface area contributed by atoms with Gasteiger partial charge in [-0.3, -0.25) is 4.79 Å². The monoisotopic (exact) mass is 247 g/mol. The third-order valence-corrected chi connectivity index (χ3v) is 3.60. The Morgan fingerprint density at radius 2 is 2.28 bits per heavy atom. The molecule has 0 N–H and O–H groups in total. The first-order valence-electron chi connectivity index (χ1n) is 6.75. The van der Waals surface area contributed by atoms with Gasteiger partial charge in [0, 0.05) is 20.0 Å². The molecule has 0 saturated heterocycles. The van der Waals surface area contributed by atoms with Crippen molar-refractivity contribution in [1.82, 2.24) is 4.90 Å². The number of allylic oxidation sites excluding steroid dienone is 3. The minimum atomic E-state index is 0.104. The molecule has 100 valence electrons. The van der Waals surface area contributed by atoms with Crippen LogP contribution in [0.5, 0.6) is 0 Å². The third-order valence-electron chi connectivity index (χ3n) is 3.60. The van der Waals surface area contributed by atoms with Crippen LogP contribution in [0.1, 0.15) is 33.6 Å². The Bertz CT molecular complexity index is 354. The fourth-order valence-electron chi connectivity index (χ4n) is 2.43. The largest absolute Gasteiger partial charge is 0.336 e. The zero-order valence-electron chi connectivity index (χ0n) is 11.9. The Kier molecular flexibility index (Phi) is 5.90. The summed E-state index contributed by atoms with van der Waals surface area (Å²) >= 11 is 0. The second kappa shape index (κ2) is 7.20. The molecule has 2 atom stereocenters. The zero-order valence-corrected chi connectivity index (χ0v) is 11.9. The molecule has 2 unspecified atom stereocenters. The Balaban J connectivity index is 2.49. The van der Waals surface area contributed by atoms with E-state index in [1.54, 1.807) is 17.9 Å². The molecule has 2 nitrogen and oxygen atoms in total. The molecule has 0 aromatic heterocycles. The van der Waals surface area contributed by atoms with Crippen LogP contribution >= 0.6 is 0 Å². The van der Waals surface area contributed by atoms with Gasteiger partial charge in [0.25, 0.3) is 0 Å². The van der Waals surface area contributed by atoms with E-state index in [1.807, 2.05) is 0 Å². The fourth-order valence-corrected chi connectivity index (χ4v) is 2.43. The summed E-state index contributed by atoms with van der Waals surface area (Å²) in [7, 11) is 0. The van der Waals surface area contributed by atoms with Crippen LogP contribution in [0.25, 0.3) is 0 Å². The highest BCUT2D eigenvalue weighted by Crippen LogP contribution is 2.29. The lowest BCUT2D eigenvalue weighted by Crippen LogP contribution is -2.29. The van der Waals surface area contributed by atoms with Crippen LogP contribution in [0, 0.1) is 11.8 Å². The Labute approximate surface area is 111 Å². The molecule has 1 rings (SSSR count). The van der Waals surface area contributed by atoms with Crippen LogP contribution in [-0.2, 0) is 4.79 Å². The van der Waals surface area contributed by atoms with E-state index < -0.39 is 0 Å². The normalized spacial score (nSPS) is 23.8. The van der Waals surface area contributed by atoms with Crippen LogP contribution in [-0.4, -0.2) is 23.9 Å². The van der Waals surface area contributed by atoms with Gasteiger partial charge in [-0.05, 0) is 31.6 Å². The molecular formula is C16H25NO. The van der Waals surface area contributed by atoms with Gasteiger partial charge in [0.2, 0.25) is 5.91 Å². The molecule has 0 fully saturated rings. The maximum absolute atomic E-state index is 11.4. The smallest absolute Gasteiger partial charge is 0.220 e. The molecule has 1 amide bonds. The number of nitrogens with zero attached hydrogens (tertiary/aromatic N) is 1. The number of amides is 1. The minimum absolute atomic E-state index is 0.104. The number of hydrogen-bond acceptors (Lipinski definition) is 1. The molecule has 1 aliphatic rings. The van der Waals surface area contributed by atoms with Crippen LogP contribution in [0.4, 0.5) is 0 Å². The lowest BCUT2D eigenvalue weighted by Gasteiger charge is -2.24. The van der Waals surface area contributed by atoms with Gasteiger partial charge in [0.15, 0.2) is 0 Å². The van der Waals surface area contributed by atoms with Crippen molar-refractivity contribution < 1.29 is 4.79 Å². The average molecular weight is 247 g/mol. The van der Waals surface area contributed by atoms with Crippen LogP contribution < -0.4 is 0 Å². The van der Waals surface area contributed by atoms with E-state index in [9.17, 15) is 4.79 Å². The zero-order chi connectivity index (χ0) is 13.5. The van der Waals surface area contributed by atoms with E-state index in [0.29, 0.717) is 24.9 Å². The van der Waals surface area contributed by atoms with Crippen molar-refractivity contribution in [2.75, 3.05) is 13.1 Å². The Morgan fingerprint density at radius 3 is 2.83 bits per heavy atom. The van der Waals surface area contributed by atoms with Gasteiger partial charge in [-0.25, -0.2) is 0 Å². The van der Waals surface area contributed by atoms with Crippen LogP contribution in [0.3, 0.4) is 0 Å². The highest BCUT2D eigenvalue weighted by molar-refractivity contribution is 5.73. The van der Waals surface area contributed by atoms with Gasteiger partial charge in [-0.2, -0.15) is 0 Å². The van der Waals surface area contributed by atoms with Crippen LogP contribution in [0.15, 0.2) is 36.5 Å². The minimum Gasteiger partial charge on any atom is -0.336 e. The van der Waals surface area contributed by atoms with Crippen molar-refractivity contribution in [1.29, 1.82) is 0 Å². The number of carbonyl (C=O) groups is 1. The molecule has 0 radical (unpaired) electrons. The number of rotatable bonds is 5. The molecule has 0 heterocycles. The Morgan fingerprint density at radius 1 is 1.56 bits per heavy atom. The summed E-state index contributed by atoms with van der Waals surface area (Å²) in [4.78, 5) is 13.1. The Hall–Kier alpha value is -1.31. The SMILES string of the molecule is C=CCN(CC=CC1CCC(C)=CC1C)C(C)=O. The molecule has 0 aromatic rings. The summed E-state index contributed by atoms with van der Waals surface area (Å²) in [5, 5.41) is 0. The number of carbonyl (C=O) groups excluding carboxylic acids is 1. The predicted octanol–water partition coefficient (Wildman–Crippen LogP) is 3.57. The molecular weight excluding hydrogens is 222 g/mol. The molecule has 0 saturated carbocycles. The first kappa shape index (κ1) is 14.7. The van der Waals surface area contributed by atoms with Crippen molar-refractivity contribution in [2.24, 2.45) is 11.8 Å². The summed E-state index contributed by atoms with van der Waals surface area (Å²) in [6.07, 6.45) is 11.0. The number of hydrogen-bond donors (Lipinski definition) is 0. The van der Waals surface area contributed by atoms with Gasteiger partial charge < -0.3 is 4.90 Å². The molecule has 0 aromatic carbocycles. The molecule has 2 heteroatoms. The predicted molar refractivity (Wildman–Crippen MR) is 77.2 cm³/mol. The summed E-state index contributed by atoms with van der Waals surface area (Å²) in [6.45, 7) is 11.1. The van der Waals surface area contributed by atoms with Gasteiger partial charge in [0.05, 0.1) is 0 Å². The lowest BCUT2D eigenvalue weighted by atomic mass is 9.82. The molecule has 0 spiro atoms. The van der Waals surface area contributed by atoms with E-state index in [1.165, 1.54) is 18.4 Å². The standard InChI is InChI=1S/C16H25NO/c1-5-10-17(15(4)18)11-6-7-16-9-8-13(2)12-14(16)3/h5-7,12,14,16H,1,8-11H2,2-4H3. The summed E-state index contributed by atoms with van der Waals surface area (Å²) in [5.74, 6) is 1.33. The molecule has 0 bridgehead atoms. The highest BCUT2D eigenvalue weighted by atomic mass is 16.2. The van der Waals surface area contributed by atoms with Crippen molar-refractivity contribution in [2.45, 2.75) is 33.6 Å².